The number of carbonyl (C=O) groups is 3. The Morgan fingerprint density at radius 3 is 2.07 bits per heavy atom. The first-order valence-corrected chi connectivity index (χ1v) is 9.75. The van der Waals surface area contributed by atoms with Gasteiger partial charge in [0.2, 0.25) is 17.7 Å². The lowest BCUT2D eigenvalue weighted by atomic mass is 9.85. The van der Waals surface area contributed by atoms with Crippen molar-refractivity contribution in [3.05, 3.63) is 36.4 Å². The molecule has 1 aromatic carbocycles. The molecule has 7 heteroatoms. The highest BCUT2D eigenvalue weighted by Gasteiger charge is 2.47. The van der Waals surface area contributed by atoms with E-state index in [1.54, 1.807) is 12.0 Å². The van der Waals surface area contributed by atoms with Crippen molar-refractivity contribution < 1.29 is 19.1 Å². The van der Waals surface area contributed by atoms with E-state index in [0.29, 0.717) is 25.9 Å². The Labute approximate surface area is 164 Å². The largest absolute Gasteiger partial charge is 0.497 e. The van der Waals surface area contributed by atoms with Crippen molar-refractivity contribution in [2.45, 2.75) is 12.8 Å². The van der Waals surface area contributed by atoms with Crippen LogP contribution in [0.3, 0.4) is 0 Å². The fraction of sp³-hybridized carbons (Fsp3) is 0.476. The number of rotatable bonds is 4. The van der Waals surface area contributed by atoms with Crippen molar-refractivity contribution >= 4 is 23.4 Å². The van der Waals surface area contributed by atoms with Crippen LogP contribution in [0, 0.1) is 11.8 Å². The second-order valence-corrected chi connectivity index (χ2v) is 7.48. The lowest BCUT2D eigenvalue weighted by Crippen LogP contribution is -2.52. The van der Waals surface area contributed by atoms with Crippen LogP contribution in [0.5, 0.6) is 5.75 Å². The SMILES string of the molecule is COc1ccc(N2CCN(C(=O)CN3C(=O)[C@H]4CC=CC[C@H]4C3=O)CC2)cc1. The van der Waals surface area contributed by atoms with Gasteiger partial charge in [-0.15, -0.1) is 0 Å². The van der Waals surface area contributed by atoms with Crippen LogP contribution in [-0.4, -0.2) is 67.4 Å². The Morgan fingerprint density at radius 2 is 1.54 bits per heavy atom. The molecule has 2 atom stereocenters. The molecule has 0 aromatic heterocycles. The molecule has 0 radical (unpaired) electrons. The number of nitrogens with zero attached hydrogens (tertiary/aromatic N) is 3. The number of likely N-dealkylation sites (tertiary alicyclic amines) is 1. The monoisotopic (exact) mass is 383 g/mol. The first kappa shape index (κ1) is 18.5. The summed E-state index contributed by atoms with van der Waals surface area (Å²) in [5.41, 5.74) is 1.09. The zero-order valence-corrected chi connectivity index (χ0v) is 16.0. The molecule has 1 aliphatic carbocycles. The highest BCUT2D eigenvalue weighted by Crippen LogP contribution is 2.35. The third-order valence-electron chi connectivity index (χ3n) is 5.96. The quantitative estimate of drug-likeness (QED) is 0.579. The number of anilines is 1. The first-order valence-electron chi connectivity index (χ1n) is 9.75. The van der Waals surface area contributed by atoms with Gasteiger partial charge in [0.15, 0.2) is 0 Å². The van der Waals surface area contributed by atoms with Crippen LogP contribution in [-0.2, 0) is 14.4 Å². The Kier molecular flexibility index (Phi) is 5.07. The predicted molar refractivity (Wildman–Crippen MR) is 104 cm³/mol. The Bertz CT molecular complexity index is 770. The molecule has 2 aliphatic heterocycles. The minimum Gasteiger partial charge on any atom is -0.497 e. The van der Waals surface area contributed by atoms with Gasteiger partial charge >= 0.3 is 0 Å². The van der Waals surface area contributed by atoms with E-state index in [-0.39, 0.29) is 36.1 Å². The van der Waals surface area contributed by atoms with Gasteiger partial charge in [-0.25, -0.2) is 0 Å². The second kappa shape index (κ2) is 7.66. The number of amides is 3. The zero-order valence-electron chi connectivity index (χ0n) is 16.0. The highest BCUT2D eigenvalue weighted by atomic mass is 16.5. The molecule has 3 aliphatic rings. The number of methoxy groups -OCH3 is 1. The number of carbonyl (C=O) groups excluding carboxylic acids is 3. The summed E-state index contributed by atoms with van der Waals surface area (Å²) in [4.78, 5) is 42.9. The van der Waals surface area contributed by atoms with Crippen LogP contribution >= 0.6 is 0 Å². The highest BCUT2D eigenvalue weighted by molar-refractivity contribution is 6.07. The number of piperazine rings is 1. The van der Waals surface area contributed by atoms with Gasteiger partial charge in [0.25, 0.3) is 0 Å². The summed E-state index contributed by atoms with van der Waals surface area (Å²) in [6, 6.07) is 7.86. The Hall–Kier alpha value is -2.83. The molecule has 0 spiro atoms. The van der Waals surface area contributed by atoms with Crippen LogP contribution in [0.25, 0.3) is 0 Å². The van der Waals surface area contributed by atoms with Gasteiger partial charge in [-0.2, -0.15) is 0 Å². The molecule has 0 saturated carbocycles. The summed E-state index contributed by atoms with van der Waals surface area (Å²) < 4.78 is 5.19. The third-order valence-corrected chi connectivity index (χ3v) is 5.96. The maximum Gasteiger partial charge on any atom is 0.242 e. The van der Waals surface area contributed by atoms with Gasteiger partial charge in [-0.1, -0.05) is 12.2 Å². The van der Waals surface area contributed by atoms with Gasteiger partial charge in [0.05, 0.1) is 18.9 Å². The lowest BCUT2D eigenvalue weighted by Gasteiger charge is -2.36. The van der Waals surface area contributed by atoms with Crippen molar-refractivity contribution in [2.75, 3.05) is 44.7 Å². The topological polar surface area (TPSA) is 70.2 Å². The normalized spacial score (nSPS) is 24.5. The number of ether oxygens (including phenoxy) is 1. The number of hydrogen-bond donors (Lipinski definition) is 0. The number of allylic oxidation sites excluding steroid dienone is 2. The molecule has 2 saturated heterocycles. The van der Waals surface area contributed by atoms with E-state index in [0.717, 1.165) is 24.5 Å². The van der Waals surface area contributed by atoms with E-state index in [4.69, 9.17) is 4.74 Å². The molecule has 2 heterocycles. The average molecular weight is 383 g/mol. The van der Waals surface area contributed by atoms with Gasteiger partial charge in [0, 0.05) is 31.9 Å². The standard InChI is InChI=1S/C21H25N3O4/c1-28-16-8-6-15(7-9-16)22-10-12-23(13-11-22)19(25)14-24-20(26)17-4-2-3-5-18(17)21(24)27/h2-3,6-9,17-18H,4-5,10-14H2,1H3/t17-,18+. The molecule has 7 nitrogen and oxygen atoms in total. The summed E-state index contributed by atoms with van der Waals surface area (Å²) in [7, 11) is 1.64. The van der Waals surface area contributed by atoms with E-state index in [2.05, 4.69) is 4.90 Å². The smallest absolute Gasteiger partial charge is 0.242 e. The molecule has 0 bridgehead atoms. The van der Waals surface area contributed by atoms with Gasteiger partial charge < -0.3 is 14.5 Å². The molecule has 0 N–H and O–H groups in total. The van der Waals surface area contributed by atoms with E-state index in [9.17, 15) is 14.4 Å². The fourth-order valence-corrected chi connectivity index (χ4v) is 4.27. The van der Waals surface area contributed by atoms with Crippen LogP contribution in [0.4, 0.5) is 5.69 Å². The van der Waals surface area contributed by atoms with Crippen LogP contribution in [0.2, 0.25) is 0 Å². The van der Waals surface area contributed by atoms with Crippen molar-refractivity contribution in [2.24, 2.45) is 11.8 Å². The molecule has 2 fully saturated rings. The molecule has 0 unspecified atom stereocenters. The Balaban J connectivity index is 1.33. The third kappa shape index (κ3) is 3.37. The number of fused-ring (bicyclic) bond motifs is 1. The molecular weight excluding hydrogens is 358 g/mol. The van der Waals surface area contributed by atoms with Crippen LogP contribution < -0.4 is 9.64 Å². The molecule has 148 valence electrons. The predicted octanol–water partition coefficient (Wildman–Crippen LogP) is 1.29. The minimum atomic E-state index is -0.280. The van der Waals surface area contributed by atoms with Crippen molar-refractivity contribution in [1.29, 1.82) is 0 Å². The summed E-state index contributed by atoms with van der Waals surface area (Å²) in [5.74, 6) is -0.278. The number of hydrogen-bond acceptors (Lipinski definition) is 5. The molecule has 4 rings (SSSR count). The zero-order chi connectivity index (χ0) is 19.7. The Morgan fingerprint density at radius 1 is 0.964 bits per heavy atom. The second-order valence-electron chi connectivity index (χ2n) is 7.48. The summed E-state index contributed by atoms with van der Waals surface area (Å²) in [5, 5.41) is 0. The van der Waals surface area contributed by atoms with E-state index < -0.39 is 0 Å². The lowest BCUT2D eigenvalue weighted by molar-refractivity contribution is -0.146. The summed E-state index contributed by atoms with van der Waals surface area (Å²) in [6.07, 6.45) is 5.10. The molecule has 1 aromatic rings. The molecule has 3 amide bonds. The van der Waals surface area contributed by atoms with E-state index in [1.807, 2.05) is 36.4 Å². The minimum absolute atomic E-state index is 0.132. The van der Waals surface area contributed by atoms with Gasteiger partial charge in [-0.05, 0) is 37.1 Å². The van der Waals surface area contributed by atoms with Crippen molar-refractivity contribution in [1.82, 2.24) is 9.80 Å². The maximum atomic E-state index is 12.7. The summed E-state index contributed by atoms with van der Waals surface area (Å²) in [6.45, 7) is 2.46. The average Bonchev–Trinajstić information content (AvgIpc) is 2.99. The number of imide groups is 1. The fourth-order valence-electron chi connectivity index (χ4n) is 4.27. The molecule has 28 heavy (non-hydrogen) atoms. The van der Waals surface area contributed by atoms with Crippen molar-refractivity contribution in [3.8, 4) is 5.75 Å². The maximum absolute atomic E-state index is 12.7. The van der Waals surface area contributed by atoms with Crippen LogP contribution in [0.15, 0.2) is 36.4 Å². The van der Waals surface area contributed by atoms with Crippen molar-refractivity contribution in [3.63, 3.8) is 0 Å². The number of benzene rings is 1. The first-order chi connectivity index (χ1) is 13.6. The van der Waals surface area contributed by atoms with E-state index >= 15 is 0 Å². The van der Waals surface area contributed by atoms with Gasteiger partial charge in [0.1, 0.15) is 12.3 Å². The van der Waals surface area contributed by atoms with Crippen LogP contribution in [0.1, 0.15) is 12.8 Å². The van der Waals surface area contributed by atoms with Gasteiger partial charge in [-0.3, -0.25) is 19.3 Å². The van der Waals surface area contributed by atoms with E-state index in [1.165, 1.54) is 4.90 Å². The summed E-state index contributed by atoms with van der Waals surface area (Å²) >= 11 is 0. The molecular formula is C21H25N3O4.